The number of aromatic nitrogens is 3. The minimum Gasteiger partial charge on any atom is -0.476 e. The number of halogens is 1. The Labute approximate surface area is 111 Å². The number of aromatic carboxylic acids is 1. The van der Waals surface area contributed by atoms with Gasteiger partial charge in [0.1, 0.15) is 10.8 Å². The number of nitrogens with zero attached hydrogens (tertiary/aromatic N) is 3. The van der Waals surface area contributed by atoms with E-state index in [1.807, 2.05) is 0 Å². The van der Waals surface area contributed by atoms with Crippen LogP contribution in [0.4, 0.5) is 4.39 Å². The molecule has 0 radical (unpaired) electrons. The molecule has 19 heavy (non-hydrogen) atoms. The van der Waals surface area contributed by atoms with Gasteiger partial charge < -0.3 is 5.11 Å². The Kier molecular flexibility index (Phi) is 2.56. The summed E-state index contributed by atoms with van der Waals surface area (Å²) in [5.41, 5.74) is 1.28. The van der Waals surface area contributed by atoms with Crippen LogP contribution in [-0.4, -0.2) is 25.7 Å². The highest BCUT2D eigenvalue weighted by Gasteiger charge is 2.14. The van der Waals surface area contributed by atoms with Gasteiger partial charge in [-0.25, -0.2) is 18.7 Å². The molecule has 7 heteroatoms. The number of hydrogen-bond acceptors (Lipinski definition) is 4. The highest BCUT2D eigenvalue weighted by Crippen LogP contribution is 2.26. The second kappa shape index (κ2) is 4.13. The van der Waals surface area contributed by atoms with Crippen molar-refractivity contribution >= 4 is 22.3 Å². The summed E-state index contributed by atoms with van der Waals surface area (Å²) in [6.45, 7) is 1.68. The zero-order valence-electron chi connectivity index (χ0n) is 9.79. The summed E-state index contributed by atoms with van der Waals surface area (Å²) in [5, 5.41) is 13.7. The van der Waals surface area contributed by atoms with Crippen LogP contribution in [-0.2, 0) is 0 Å². The Morgan fingerprint density at radius 2 is 2.26 bits per heavy atom. The van der Waals surface area contributed by atoms with Gasteiger partial charge in [0.05, 0.1) is 6.20 Å². The van der Waals surface area contributed by atoms with E-state index in [-0.39, 0.29) is 11.5 Å². The van der Waals surface area contributed by atoms with E-state index < -0.39 is 5.97 Å². The molecule has 3 rings (SSSR count). The molecule has 0 saturated heterocycles. The van der Waals surface area contributed by atoms with Gasteiger partial charge in [-0.05, 0) is 30.7 Å². The van der Waals surface area contributed by atoms with Crippen molar-refractivity contribution in [3.63, 3.8) is 0 Å². The molecule has 96 valence electrons. The van der Waals surface area contributed by atoms with Gasteiger partial charge in [0.2, 0.25) is 4.96 Å². The molecule has 0 atom stereocenters. The topological polar surface area (TPSA) is 67.5 Å². The Balaban J connectivity index is 2.08. The van der Waals surface area contributed by atoms with Gasteiger partial charge in [-0.2, -0.15) is 5.10 Å². The summed E-state index contributed by atoms with van der Waals surface area (Å²) >= 11 is 1.26. The fraction of sp³-hybridized carbons (Fsp3) is 0.0833. The second-order valence-electron chi connectivity index (χ2n) is 4.03. The molecule has 0 spiro atoms. The third-order valence-corrected chi connectivity index (χ3v) is 3.64. The first kappa shape index (κ1) is 11.8. The van der Waals surface area contributed by atoms with Crippen LogP contribution in [0.1, 0.15) is 16.1 Å². The number of imidazole rings is 1. The van der Waals surface area contributed by atoms with Crippen molar-refractivity contribution < 1.29 is 14.3 Å². The Bertz CT molecular complexity index is 762. The standard InChI is InChI=1S/C12H8FN3O2S/c1-6-4-7(2-3-8(6)13)10-15-16-5-9(11(17)18)14-12(16)19-10/h2-5H,1H3,(H,17,18). The van der Waals surface area contributed by atoms with Gasteiger partial charge >= 0.3 is 5.97 Å². The lowest BCUT2D eigenvalue weighted by Gasteiger charge is -1.98. The number of carboxylic acids is 1. The predicted molar refractivity (Wildman–Crippen MR) is 68.0 cm³/mol. The molecule has 0 unspecified atom stereocenters. The SMILES string of the molecule is Cc1cc(-c2nn3cc(C(=O)O)nc3s2)ccc1F. The maximum Gasteiger partial charge on any atom is 0.356 e. The highest BCUT2D eigenvalue weighted by atomic mass is 32.1. The third kappa shape index (κ3) is 1.97. The lowest BCUT2D eigenvalue weighted by atomic mass is 10.1. The first-order valence-electron chi connectivity index (χ1n) is 5.40. The van der Waals surface area contributed by atoms with Crippen LogP contribution in [0, 0.1) is 12.7 Å². The van der Waals surface area contributed by atoms with Crippen molar-refractivity contribution in [2.45, 2.75) is 6.92 Å². The molecule has 2 heterocycles. The number of carbonyl (C=O) groups is 1. The quantitative estimate of drug-likeness (QED) is 0.781. The average Bonchev–Trinajstić information content (AvgIpc) is 2.90. The maximum absolute atomic E-state index is 13.2. The highest BCUT2D eigenvalue weighted by molar-refractivity contribution is 7.19. The smallest absolute Gasteiger partial charge is 0.356 e. The van der Waals surface area contributed by atoms with E-state index in [1.54, 1.807) is 19.1 Å². The van der Waals surface area contributed by atoms with E-state index in [2.05, 4.69) is 10.1 Å². The Morgan fingerprint density at radius 3 is 2.89 bits per heavy atom. The third-order valence-electron chi connectivity index (χ3n) is 2.67. The normalized spacial score (nSPS) is 11.1. The number of carboxylic acid groups (broad SMARTS) is 1. The van der Waals surface area contributed by atoms with E-state index in [9.17, 15) is 9.18 Å². The summed E-state index contributed by atoms with van der Waals surface area (Å²) < 4.78 is 14.6. The molecule has 5 nitrogen and oxygen atoms in total. The largest absolute Gasteiger partial charge is 0.476 e. The van der Waals surface area contributed by atoms with Gasteiger partial charge in [-0.3, -0.25) is 0 Å². The molecule has 0 bridgehead atoms. The van der Waals surface area contributed by atoms with Crippen LogP contribution in [0.2, 0.25) is 0 Å². The summed E-state index contributed by atoms with van der Waals surface area (Å²) in [7, 11) is 0. The zero-order chi connectivity index (χ0) is 13.6. The van der Waals surface area contributed by atoms with E-state index in [1.165, 1.54) is 28.1 Å². The molecule has 0 aliphatic carbocycles. The molecule has 0 fully saturated rings. The molecule has 0 aliphatic heterocycles. The number of fused-ring (bicyclic) bond motifs is 1. The van der Waals surface area contributed by atoms with E-state index in [4.69, 9.17) is 5.11 Å². The van der Waals surface area contributed by atoms with Crippen molar-refractivity contribution in [3.05, 3.63) is 41.5 Å². The van der Waals surface area contributed by atoms with Crippen LogP contribution in [0.3, 0.4) is 0 Å². The lowest BCUT2D eigenvalue weighted by molar-refractivity contribution is 0.0691. The number of rotatable bonds is 2. The molecular formula is C12H8FN3O2S. The average molecular weight is 277 g/mol. The second-order valence-corrected chi connectivity index (χ2v) is 4.99. The summed E-state index contributed by atoms with van der Waals surface area (Å²) in [6, 6.07) is 4.72. The van der Waals surface area contributed by atoms with Crippen LogP contribution in [0.5, 0.6) is 0 Å². The van der Waals surface area contributed by atoms with E-state index in [0.29, 0.717) is 15.5 Å². The van der Waals surface area contributed by atoms with Gasteiger partial charge in [0.25, 0.3) is 0 Å². The van der Waals surface area contributed by atoms with Gasteiger partial charge in [0, 0.05) is 5.56 Å². The van der Waals surface area contributed by atoms with Crippen molar-refractivity contribution in [1.29, 1.82) is 0 Å². The summed E-state index contributed by atoms with van der Waals surface area (Å²) in [4.78, 5) is 15.2. The molecule has 1 aromatic carbocycles. The fourth-order valence-electron chi connectivity index (χ4n) is 1.70. The van der Waals surface area contributed by atoms with Gasteiger partial charge in [-0.1, -0.05) is 11.3 Å². The minimum atomic E-state index is -1.09. The molecular weight excluding hydrogens is 269 g/mol. The Hall–Kier alpha value is -2.28. The number of hydrogen-bond donors (Lipinski definition) is 1. The molecule has 0 amide bonds. The number of aryl methyl sites for hydroxylation is 1. The monoisotopic (exact) mass is 277 g/mol. The Morgan fingerprint density at radius 1 is 1.47 bits per heavy atom. The number of benzene rings is 1. The minimum absolute atomic E-state index is 0.0411. The summed E-state index contributed by atoms with van der Waals surface area (Å²) in [6.07, 6.45) is 1.36. The predicted octanol–water partition coefficient (Wildman–Crippen LogP) is 2.60. The molecule has 0 aliphatic rings. The zero-order valence-corrected chi connectivity index (χ0v) is 10.6. The van der Waals surface area contributed by atoms with Crippen molar-refractivity contribution in [2.24, 2.45) is 0 Å². The maximum atomic E-state index is 13.2. The molecule has 3 aromatic rings. The fourth-order valence-corrected chi connectivity index (χ4v) is 2.58. The molecule has 2 aromatic heterocycles. The van der Waals surface area contributed by atoms with Gasteiger partial charge in [-0.15, -0.1) is 0 Å². The molecule has 1 N–H and O–H groups in total. The van der Waals surface area contributed by atoms with Crippen molar-refractivity contribution in [1.82, 2.24) is 14.6 Å². The lowest BCUT2D eigenvalue weighted by Crippen LogP contribution is -1.95. The van der Waals surface area contributed by atoms with E-state index >= 15 is 0 Å². The van der Waals surface area contributed by atoms with Crippen molar-refractivity contribution in [3.8, 4) is 10.6 Å². The van der Waals surface area contributed by atoms with Gasteiger partial charge in [0.15, 0.2) is 5.69 Å². The van der Waals surface area contributed by atoms with Crippen LogP contribution >= 0.6 is 11.3 Å². The van der Waals surface area contributed by atoms with E-state index in [0.717, 1.165) is 5.56 Å². The summed E-state index contributed by atoms with van der Waals surface area (Å²) in [5.74, 6) is -1.35. The van der Waals surface area contributed by atoms with Crippen LogP contribution in [0.15, 0.2) is 24.4 Å². The first-order valence-corrected chi connectivity index (χ1v) is 6.22. The molecule has 0 saturated carbocycles. The van der Waals surface area contributed by atoms with Crippen LogP contribution in [0.25, 0.3) is 15.5 Å². The van der Waals surface area contributed by atoms with Crippen molar-refractivity contribution in [2.75, 3.05) is 0 Å². The first-order chi connectivity index (χ1) is 9.04. The van der Waals surface area contributed by atoms with Crippen LogP contribution < -0.4 is 0 Å².